The summed E-state index contributed by atoms with van der Waals surface area (Å²) in [6, 6.07) is 11.7. The second-order valence-electron chi connectivity index (χ2n) is 6.13. The lowest BCUT2D eigenvalue weighted by atomic mass is 10.1. The molecule has 0 unspecified atom stereocenters. The van der Waals surface area contributed by atoms with Crippen LogP contribution in [0.3, 0.4) is 0 Å². The van der Waals surface area contributed by atoms with Gasteiger partial charge in [0.25, 0.3) is 0 Å². The van der Waals surface area contributed by atoms with Crippen LogP contribution >= 0.6 is 11.3 Å². The zero-order valence-electron chi connectivity index (χ0n) is 13.9. The summed E-state index contributed by atoms with van der Waals surface area (Å²) in [6.07, 6.45) is 0. The highest BCUT2D eigenvalue weighted by molar-refractivity contribution is 7.08. The fraction of sp³-hybridized carbons (Fsp3) is 0.167. The van der Waals surface area contributed by atoms with Crippen molar-refractivity contribution < 1.29 is 4.74 Å². The predicted octanol–water partition coefficient (Wildman–Crippen LogP) is 2.83. The van der Waals surface area contributed by atoms with Gasteiger partial charge >= 0.3 is 0 Å². The van der Waals surface area contributed by atoms with Crippen molar-refractivity contribution in [2.75, 3.05) is 23.8 Å². The van der Waals surface area contributed by atoms with Gasteiger partial charge < -0.3 is 15.4 Å². The number of nitrogens with two attached hydrogens (primary N) is 1. The number of nitrogens with zero attached hydrogens (tertiary/aromatic N) is 5. The van der Waals surface area contributed by atoms with Gasteiger partial charge in [0.1, 0.15) is 18.2 Å². The smallest absolute Gasteiger partial charge is 0.186 e. The van der Waals surface area contributed by atoms with Crippen LogP contribution in [0.4, 0.5) is 11.5 Å². The van der Waals surface area contributed by atoms with Crippen LogP contribution in [0.15, 0.2) is 47.2 Å². The molecule has 0 saturated heterocycles. The Kier molecular flexibility index (Phi) is 3.49. The zero-order valence-corrected chi connectivity index (χ0v) is 14.7. The zero-order chi connectivity index (χ0) is 17.5. The van der Waals surface area contributed by atoms with Crippen molar-refractivity contribution in [1.82, 2.24) is 19.8 Å². The molecule has 1 aliphatic rings. The van der Waals surface area contributed by atoms with Crippen molar-refractivity contribution in [1.29, 1.82) is 0 Å². The molecule has 1 aromatic carbocycles. The van der Waals surface area contributed by atoms with Gasteiger partial charge in [0, 0.05) is 28.7 Å². The molecule has 3 aromatic heterocycles. The third kappa shape index (κ3) is 2.55. The average Bonchev–Trinajstić information content (AvgIpc) is 3.26. The molecule has 0 amide bonds. The molecule has 7 nitrogen and oxygen atoms in total. The van der Waals surface area contributed by atoms with E-state index in [9.17, 15) is 0 Å². The quantitative estimate of drug-likeness (QED) is 0.551. The standard InChI is InChI=1S/C18H16N6OS/c19-14-1-2-15-13(9-14)10-23(6-7-25-15)17-4-3-16-20-21-18(24(16)22-17)12-5-8-26-11-12/h1-5,8-9,11H,6-7,10,19H2. The van der Waals surface area contributed by atoms with Crippen LogP contribution in [0.1, 0.15) is 5.56 Å². The van der Waals surface area contributed by atoms with Crippen LogP contribution in [0, 0.1) is 0 Å². The number of benzene rings is 1. The Morgan fingerprint density at radius 1 is 1.12 bits per heavy atom. The molecule has 0 spiro atoms. The van der Waals surface area contributed by atoms with E-state index in [-0.39, 0.29) is 0 Å². The van der Waals surface area contributed by atoms with Gasteiger partial charge in [-0.05, 0) is 41.8 Å². The maximum Gasteiger partial charge on any atom is 0.186 e. The van der Waals surface area contributed by atoms with Crippen molar-refractivity contribution in [3.63, 3.8) is 0 Å². The summed E-state index contributed by atoms with van der Waals surface area (Å²) >= 11 is 1.63. The van der Waals surface area contributed by atoms with Crippen LogP contribution in [-0.4, -0.2) is 33.0 Å². The Morgan fingerprint density at radius 2 is 2.08 bits per heavy atom. The molecule has 8 heteroatoms. The molecule has 26 heavy (non-hydrogen) atoms. The Labute approximate surface area is 153 Å². The summed E-state index contributed by atoms with van der Waals surface area (Å²) in [6.45, 7) is 2.02. The molecule has 0 radical (unpaired) electrons. The van der Waals surface area contributed by atoms with Gasteiger partial charge in [-0.25, -0.2) is 0 Å². The van der Waals surface area contributed by atoms with Crippen LogP contribution in [0.5, 0.6) is 5.75 Å². The number of thiophene rings is 1. The first-order valence-electron chi connectivity index (χ1n) is 8.29. The highest BCUT2D eigenvalue weighted by Gasteiger charge is 2.18. The third-order valence-corrected chi connectivity index (χ3v) is 5.10. The van der Waals surface area contributed by atoms with Gasteiger partial charge in [-0.3, -0.25) is 0 Å². The van der Waals surface area contributed by atoms with E-state index < -0.39 is 0 Å². The maximum atomic E-state index is 5.94. The molecule has 130 valence electrons. The van der Waals surface area contributed by atoms with Gasteiger partial charge in [0.05, 0.1) is 6.54 Å². The molecule has 0 atom stereocenters. The SMILES string of the molecule is Nc1ccc2c(c1)CN(c1ccc3nnc(-c4ccsc4)n3n1)CCO2. The minimum atomic E-state index is 0.593. The Morgan fingerprint density at radius 3 is 2.96 bits per heavy atom. The van der Waals surface area contributed by atoms with Gasteiger partial charge in [-0.2, -0.15) is 15.9 Å². The van der Waals surface area contributed by atoms with E-state index in [0.29, 0.717) is 13.2 Å². The number of fused-ring (bicyclic) bond motifs is 2. The lowest BCUT2D eigenvalue weighted by Crippen LogP contribution is -2.26. The van der Waals surface area contributed by atoms with E-state index >= 15 is 0 Å². The van der Waals surface area contributed by atoms with E-state index in [1.165, 1.54) is 0 Å². The van der Waals surface area contributed by atoms with Gasteiger partial charge in [-0.1, -0.05) is 0 Å². The minimum absolute atomic E-state index is 0.593. The summed E-state index contributed by atoms with van der Waals surface area (Å²) in [5, 5.41) is 17.4. The Balaban J connectivity index is 1.55. The van der Waals surface area contributed by atoms with Crippen molar-refractivity contribution in [2.45, 2.75) is 6.54 Å². The second kappa shape index (κ2) is 5.99. The number of hydrogen-bond acceptors (Lipinski definition) is 7. The van der Waals surface area contributed by atoms with Crippen molar-refractivity contribution in [3.8, 4) is 17.1 Å². The summed E-state index contributed by atoms with van der Waals surface area (Å²) in [7, 11) is 0. The predicted molar refractivity (Wildman–Crippen MR) is 101 cm³/mol. The molecule has 4 aromatic rings. The van der Waals surface area contributed by atoms with E-state index in [2.05, 4.69) is 15.1 Å². The average molecular weight is 364 g/mol. The highest BCUT2D eigenvalue weighted by Crippen LogP contribution is 2.28. The lowest BCUT2D eigenvalue weighted by molar-refractivity contribution is 0.331. The highest BCUT2D eigenvalue weighted by atomic mass is 32.1. The molecule has 5 rings (SSSR count). The Bertz CT molecular complexity index is 1070. The summed E-state index contributed by atoms with van der Waals surface area (Å²) in [4.78, 5) is 2.18. The third-order valence-electron chi connectivity index (χ3n) is 4.42. The largest absolute Gasteiger partial charge is 0.491 e. The van der Waals surface area contributed by atoms with Gasteiger partial charge in [0.2, 0.25) is 0 Å². The van der Waals surface area contributed by atoms with Gasteiger partial charge in [-0.15, -0.1) is 15.3 Å². The molecule has 1 aliphatic heterocycles. The fourth-order valence-electron chi connectivity index (χ4n) is 3.13. The van der Waals surface area contributed by atoms with E-state index in [4.69, 9.17) is 15.6 Å². The van der Waals surface area contributed by atoms with Gasteiger partial charge in [0.15, 0.2) is 11.5 Å². The fourth-order valence-corrected chi connectivity index (χ4v) is 3.76. The molecule has 0 saturated carbocycles. The van der Waals surface area contributed by atoms with Crippen LogP contribution in [0.2, 0.25) is 0 Å². The Hall–Kier alpha value is -3.13. The lowest BCUT2D eigenvalue weighted by Gasteiger charge is -2.20. The summed E-state index contributed by atoms with van der Waals surface area (Å²) in [5.74, 6) is 2.48. The minimum Gasteiger partial charge on any atom is -0.491 e. The molecule has 0 fully saturated rings. The van der Waals surface area contributed by atoms with Crippen molar-refractivity contribution in [3.05, 3.63) is 52.7 Å². The molecule has 2 N–H and O–H groups in total. The van der Waals surface area contributed by atoms with Crippen LogP contribution in [-0.2, 0) is 6.54 Å². The van der Waals surface area contributed by atoms with Crippen LogP contribution in [0.25, 0.3) is 17.0 Å². The summed E-state index contributed by atoms with van der Waals surface area (Å²) in [5.41, 5.74) is 9.48. The number of nitrogen functional groups attached to an aromatic ring is 1. The topological polar surface area (TPSA) is 81.6 Å². The number of hydrogen-bond donors (Lipinski definition) is 1. The number of ether oxygens (including phenoxy) is 1. The normalized spacial score (nSPS) is 14.1. The second-order valence-corrected chi connectivity index (χ2v) is 6.91. The molecule has 0 aliphatic carbocycles. The summed E-state index contributed by atoms with van der Waals surface area (Å²) < 4.78 is 7.65. The first-order valence-corrected chi connectivity index (χ1v) is 9.23. The number of aromatic nitrogens is 4. The maximum absolute atomic E-state index is 5.94. The van der Waals surface area contributed by atoms with Crippen LogP contribution < -0.4 is 15.4 Å². The van der Waals surface area contributed by atoms with E-state index in [0.717, 1.165) is 46.4 Å². The molecule has 4 heterocycles. The van der Waals surface area contributed by atoms with Crippen molar-refractivity contribution in [2.24, 2.45) is 0 Å². The molecular formula is C18H16N6OS. The first kappa shape index (κ1) is 15.2. The van der Waals surface area contributed by atoms with E-state index in [1.54, 1.807) is 15.9 Å². The monoisotopic (exact) mass is 364 g/mol. The number of anilines is 2. The molecule has 0 bridgehead atoms. The van der Waals surface area contributed by atoms with Crippen molar-refractivity contribution >= 4 is 28.5 Å². The van der Waals surface area contributed by atoms with E-state index in [1.807, 2.05) is 47.2 Å². The number of rotatable bonds is 2. The first-order chi connectivity index (χ1) is 12.8. The molecular weight excluding hydrogens is 348 g/mol.